The molecule has 0 aromatic carbocycles. The lowest BCUT2D eigenvalue weighted by Gasteiger charge is -2.42. The summed E-state index contributed by atoms with van der Waals surface area (Å²) >= 11 is 0. The Labute approximate surface area is 106 Å². The van der Waals surface area contributed by atoms with E-state index in [0.29, 0.717) is 5.92 Å². The van der Waals surface area contributed by atoms with E-state index in [1.54, 1.807) is 0 Å². The highest BCUT2D eigenvalue weighted by Gasteiger charge is 2.68. The summed E-state index contributed by atoms with van der Waals surface area (Å²) in [6, 6.07) is 0. The molecular weight excluding hydrogens is 208 g/mol. The number of fused-ring (bicyclic) bond motifs is 2. The lowest BCUT2D eigenvalue weighted by atomic mass is 9.64. The molecule has 96 valence electrons. The van der Waals surface area contributed by atoms with Crippen LogP contribution in [0.3, 0.4) is 0 Å². The van der Waals surface area contributed by atoms with Gasteiger partial charge in [0.25, 0.3) is 0 Å². The number of rotatable bonds is 2. The van der Waals surface area contributed by atoms with Gasteiger partial charge in [-0.1, -0.05) is 40.0 Å². The number of aliphatic hydroxyl groups is 1. The molecule has 3 atom stereocenters. The average Bonchev–Trinajstić information content (AvgIpc) is 2.56. The van der Waals surface area contributed by atoms with Crippen molar-refractivity contribution in [1.82, 2.24) is 0 Å². The lowest BCUT2D eigenvalue weighted by molar-refractivity contribution is -0.0433. The van der Waals surface area contributed by atoms with E-state index in [2.05, 4.69) is 39.5 Å². The van der Waals surface area contributed by atoms with Crippen LogP contribution in [0.1, 0.15) is 66.2 Å². The molecule has 0 radical (unpaired) electrons. The molecule has 1 nitrogen and oxygen atoms in total. The number of unbranched alkanes of at least 4 members (excludes halogenated alkanes) is 2. The van der Waals surface area contributed by atoms with Gasteiger partial charge in [0.05, 0.1) is 0 Å². The third-order valence-electron chi connectivity index (χ3n) is 5.84. The van der Waals surface area contributed by atoms with E-state index >= 15 is 0 Å². The second kappa shape index (κ2) is 4.02. The Morgan fingerprint density at radius 1 is 1.29 bits per heavy atom. The molecule has 0 aromatic heterocycles. The first-order valence-electron chi connectivity index (χ1n) is 7.10. The number of hydrogen-bond acceptors (Lipinski definition) is 1. The predicted octanol–water partition coefficient (Wildman–Crippen LogP) is 3.76. The maximum atomic E-state index is 10.9. The van der Waals surface area contributed by atoms with Crippen LogP contribution in [0.4, 0.5) is 0 Å². The highest BCUT2D eigenvalue weighted by Crippen LogP contribution is 2.69. The zero-order valence-corrected chi connectivity index (χ0v) is 11.8. The van der Waals surface area contributed by atoms with E-state index in [1.807, 2.05) is 0 Å². The van der Waals surface area contributed by atoms with Gasteiger partial charge in [0, 0.05) is 11.8 Å². The Kier molecular flexibility index (Phi) is 3.07. The van der Waals surface area contributed by atoms with E-state index in [4.69, 9.17) is 0 Å². The third kappa shape index (κ3) is 1.65. The molecule has 2 bridgehead atoms. The Bertz CT molecular complexity index is 359. The second-order valence-corrected chi connectivity index (χ2v) is 6.76. The minimum Gasteiger partial charge on any atom is -0.377 e. The van der Waals surface area contributed by atoms with Crippen molar-refractivity contribution in [2.24, 2.45) is 16.7 Å². The first-order chi connectivity index (χ1) is 7.87. The topological polar surface area (TPSA) is 20.2 Å². The van der Waals surface area contributed by atoms with E-state index in [-0.39, 0.29) is 10.8 Å². The molecule has 1 N–H and O–H groups in total. The molecule has 2 fully saturated rings. The summed E-state index contributed by atoms with van der Waals surface area (Å²) in [5, 5.41) is 10.9. The molecule has 2 rings (SSSR count). The molecule has 0 aliphatic heterocycles. The van der Waals surface area contributed by atoms with E-state index in [9.17, 15) is 5.11 Å². The van der Waals surface area contributed by atoms with Crippen LogP contribution in [0.25, 0.3) is 0 Å². The van der Waals surface area contributed by atoms with Gasteiger partial charge in [0.1, 0.15) is 5.60 Å². The van der Waals surface area contributed by atoms with Crippen molar-refractivity contribution in [2.75, 3.05) is 0 Å². The minimum absolute atomic E-state index is 0.0100. The standard InChI is InChI=1S/C16H26O/c1-5-6-7-8-10-16(17)12-13-9-11-15(16,4)14(13,2)3/h13,17H,5-7,9,11-12H2,1-4H3/t13-,15-,16-/m1/s1. The zero-order valence-electron chi connectivity index (χ0n) is 11.8. The summed E-state index contributed by atoms with van der Waals surface area (Å²) in [4.78, 5) is 0. The Balaban J connectivity index is 2.20. The predicted molar refractivity (Wildman–Crippen MR) is 71.5 cm³/mol. The fraction of sp³-hybridized carbons (Fsp3) is 0.875. The van der Waals surface area contributed by atoms with Crippen LogP contribution in [0.2, 0.25) is 0 Å². The molecule has 17 heavy (non-hydrogen) atoms. The monoisotopic (exact) mass is 234 g/mol. The van der Waals surface area contributed by atoms with E-state index < -0.39 is 5.60 Å². The molecular formula is C16H26O. The minimum atomic E-state index is -0.729. The molecule has 0 aromatic rings. The van der Waals surface area contributed by atoms with Gasteiger partial charge < -0.3 is 5.11 Å². The molecule has 2 aliphatic rings. The van der Waals surface area contributed by atoms with Crippen LogP contribution >= 0.6 is 0 Å². The van der Waals surface area contributed by atoms with Crippen molar-refractivity contribution < 1.29 is 5.11 Å². The van der Waals surface area contributed by atoms with Crippen molar-refractivity contribution in [3.63, 3.8) is 0 Å². The molecule has 0 spiro atoms. The van der Waals surface area contributed by atoms with Crippen LogP contribution < -0.4 is 0 Å². The highest BCUT2D eigenvalue weighted by molar-refractivity contribution is 5.29. The van der Waals surface area contributed by atoms with Crippen molar-refractivity contribution >= 4 is 0 Å². The van der Waals surface area contributed by atoms with Crippen LogP contribution in [-0.2, 0) is 0 Å². The van der Waals surface area contributed by atoms with Crippen molar-refractivity contribution in [3.05, 3.63) is 0 Å². The summed E-state index contributed by atoms with van der Waals surface area (Å²) in [7, 11) is 0. The van der Waals surface area contributed by atoms with Gasteiger partial charge in [-0.15, -0.1) is 5.92 Å². The molecule has 0 saturated heterocycles. The van der Waals surface area contributed by atoms with Crippen LogP contribution in [-0.4, -0.2) is 10.7 Å². The quantitative estimate of drug-likeness (QED) is 0.570. The van der Waals surface area contributed by atoms with Crippen molar-refractivity contribution in [1.29, 1.82) is 0 Å². The van der Waals surface area contributed by atoms with Gasteiger partial charge in [0.15, 0.2) is 0 Å². The van der Waals surface area contributed by atoms with Crippen molar-refractivity contribution in [2.45, 2.75) is 71.8 Å². The first kappa shape index (κ1) is 13.0. The SMILES string of the molecule is CCCCC#C[C@@]1(O)C[C@H]2CC[C@]1(C)C2(C)C. The summed E-state index contributed by atoms with van der Waals surface area (Å²) in [5.41, 5.74) is -0.502. The maximum Gasteiger partial charge on any atom is 0.131 e. The van der Waals surface area contributed by atoms with Gasteiger partial charge in [-0.2, -0.15) is 0 Å². The molecule has 2 aliphatic carbocycles. The fourth-order valence-electron chi connectivity index (χ4n) is 3.94. The summed E-state index contributed by atoms with van der Waals surface area (Å²) in [6.07, 6.45) is 6.53. The normalized spacial score (nSPS) is 42.3. The summed E-state index contributed by atoms with van der Waals surface area (Å²) in [5.74, 6) is 7.09. The van der Waals surface area contributed by atoms with Crippen LogP contribution in [0, 0.1) is 28.6 Å². The summed E-state index contributed by atoms with van der Waals surface area (Å²) < 4.78 is 0. The third-order valence-corrected chi connectivity index (χ3v) is 5.84. The maximum absolute atomic E-state index is 10.9. The first-order valence-corrected chi connectivity index (χ1v) is 7.10. The largest absolute Gasteiger partial charge is 0.377 e. The van der Waals surface area contributed by atoms with Crippen molar-refractivity contribution in [3.8, 4) is 11.8 Å². The van der Waals surface area contributed by atoms with Crippen LogP contribution in [0.5, 0.6) is 0 Å². The zero-order chi connectivity index (χ0) is 12.7. The average molecular weight is 234 g/mol. The van der Waals surface area contributed by atoms with Gasteiger partial charge in [-0.25, -0.2) is 0 Å². The second-order valence-electron chi connectivity index (χ2n) is 6.76. The van der Waals surface area contributed by atoms with Gasteiger partial charge in [-0.05, 0) is 37.0 Å². The van der Waals surface area contributed by atoms with Gasteiger partial charge in [-0.3, -0.25) is 0 Å². The lowest BCUT2D eigenvalue weighted by Crippen LogP contribution is -2.46. The molecule has 0 heterocycles. The van der Waals surface area contributed by atoms with E-state index in [1.165, 1.54) is 12.8 Å². The molecule has 0 amide bonds. The molecule has 0 unspecified atom stereocenters. The summed E-state index contributed by atoms with van der Waals surface area (Å²) in [6.45, 7) is 9.06. The van der Waals surface area contributed by atoms with Gasteiger partial charge in [0.2, 0.25) is 0 Å². The van der Waals surface area contributed by atoms with E-state index in [0.717, 1.165) is 25.7 Å². The Morgan fingerprint density at radius 3 is 2.47 bits per heavy atom. The highest BCUT2D eigenvalue weighted by atomic mass is 16.3. The Hall–Kier alpha value is -0.480. The Morgan fingerprint density at radius 2 is 2.00 bits per heavy atom. The fourth-order valence-corrected chi connectivity index (χ4v) is 3.94. The molecule has 2 saturated carbocycles. The number of hydrogen-bond donors (Lipinski definition) is 1. The van der Waals surface area contributed by atoms with Crippen LogP contribution in [0.15, 0.2) is 0 Å². The molecule has 1 heteroatoms. The smallest absolute Gasteiger partial charge is 0.131 e. The van der Waals surface area contributed by atoms with Gasteiger partial charge >= 0.3 is 0 Å².